The first-order valence-corrected chi connectivity index (χ1v) is 12.9. The summed E-state index contributed by atoms with van der Waals surface area (Å²) < 4.78 is 29.4. The lowest BCUT2D eigenvalue weighted by Gasteiger charge is -2.38. The van der Waals surface area contributed by atoms with Crippen molar-refractivity contribution in [2.45, 2.75) is 69.0 Å². The summed E-state index contributed by atoms with van der Waals surface area (Å²) in [5.41, 5.74) is 4.06. The summed E-state index contributed by atoms with van der Waals surface area (Å²) in [6.45, 7) is 5.40. The van der Waals surface area contributed by atoms with Crippen LogP contribution in [-0.4, -0.2) is 54.7 Å². The van der Waals surface area contributed by atoms with E-state index in [1.807, 2.05) is 41.3 Å². The van der Waals surface area contributed by atoms with E-state index in [-0.39, 0.29) is 36.4 Å². The second-order valence-corrected chi connectivity index (χ2v) is 11.2. The van der Waals surface area contributed by atoms with E-state index in [2.05, 4.69) is 19.6 Å². The molecule has 2 aromatic rings. The molecule has 2 fully saturated rings. The van der Waals surface area contributed by atoms with Crippen molar-refractivity contribution in [2.24, 2.45) is 5.92 Å². The number of hydrogen-bond donors (Lipinski definition) is 1. The molecule has 0 spiro atoms. The van der Waals surface area contributed by atoms with Crippen LogP contribution in [0.3, 0.4) is 0 Å². The molecule has 0 unspecified atom stereocenters. The second kappa shape index (κ2) is 10.1. The van der Waals surface area contributed by atoms with Gasteiger partial charge in [0, 0.05) is 37.0 Å². The largest absolute Gasteiger partial charge is 1.00 e. The Kier molecular flexibility index (Phi) is 7.86. The van der Waals surface area contributed by atoms with Gasteiger partial charge in [-0.1, -0.05) is 50.2 Å². The quantitative estimate of drug-likeness (QED) is 0.588. The number of carbonyl (C=O) groups excluding carboxylic acids is 1. The van der Waals surface area contributed by atoms with Gasteiger partial charge in [0.25, 0.3) is 5.91 Å². The molecule has 32 heavy (non-hydrogen) atoms. The van der Waals surface area contributed by atoms with Crippen LogP contribution in [0.2, 0.25) is 0 Å². The Morgan fingerprint density at radius 2 is 1.62 bits per heavy atom. The van der Waals surface area contributed by atoms with Crippen LogP contribution in [0.4, 0.5) is 0 Å². The number of fused-ring (bicyclic) bond motifs is 1. The maximum atomic E-state index is 13.8. The zero-order chi connectivity index (χ0) is 22.2. The molecule has 3 N–H and O–H groups in total. The van der Waals surface area contributed by atoms with Crippen molar-refractivity contribution in [1.29, 1.82) is 0 Å². The Morgan fingerprint density at radius 3 is 2.25 bits per heavy atom. The highest BCUT2D eigenvalue weighted by atomic mass is 35.5. The van der Waals surface area contributed by atoms with Crippen molar-refractivity contribution in [2.75, 3.05) is 13.1 Å². The summed E-state index contributed by atoms with van der Waals surface area (Å²) in [5.74, 6) is 0.530. The molecule has 0 aromatic heterocycles. The zero-order valence-electron chi connectivity index (χ0n) is 18.9. The number of likely N-dealkylation sites (tertiary alicyclic amines) is 1. The first kappa shape index (κ1) is 25.0. The van der Waals surface area contributed by atoms with E-state index in [4.69, 9.17) is 0 Å². The Hall–Kier alpha value is -1.67. The molecule has 1 heterocycles. The molecule has 1 atom stereocenters. The topological polar surface area (TPSA) is 85.3 Å². The lowest BCUT2D eigenvalue weighted by molar-refractivity contribution is -0.408. The lowest BCUT2D eigenvalue weighted by Crippen LogP contribution is -3.00. The molecule has 0 radical (unpaired) electrons. The first-order chi connectivity index (χ1) is 14.8. The number of piperidine rings is 1. The molecule has 1 aliphatic carbocycles. The smallest absolute Gasteiger partial charge is 0.280 e. The van der Waals surface area contributed by atoms with Gasteiger partial charge in [-0.05, 0) is 43.1 Å². The monoisotopic (exact) mass is 479 g/mol. The Labute approximate surface area is 197 Å². The lowest BCUT2D eigenvalue weighted by atomic mass is 10.0. The number of nitrogens with zero attached hydrogens (tertiary/aromatic N) is 2. The van der Waals surface area contributed by atoms with E-state index in [1.54, 1.807) is 10.4 Å². The highest BCUT2D eigenvalue weighted by Crippen LogP contribution is 2.38. The summed E-state index contributed by atoms with van der Waals surface area (Å²) in [6, 6.07) is 13.0. The van der Waals surface area contributed by atoms with Crippen molar-refractivity contribution < 1.29 is 31.4 Å². The molecule has 1 aliphatic heterocycles. The van der Waals surface area contributed by atoms with Gasteiger partial charge in [-0.2, -0.15) is 4.31 Å². The zero-order valence-corrected chi connectivity index (χ0v) is 20.5. The van der Waals surface area contributed by atoms with Gasteiger partial charge in [0.05, 0.1) is 4.90 Å². The van der Waals surface area contributed by atoms with E-state index < -0.39 is 10.0 Å². The van der Waals surface area contributed by atoms with E-state index >= 15 is 0 Å². The standard InChI is InChI=1S/C24H33N3O3S.ClH/c1-17(2)16-22(25)24(28)26-14-12-20(13-15-26)27(19-10-11-19)31(29,30)23-9-5-7-18-6-3-4-8-21(18)23;/h3-9,17,19-20,22H,10-16,25H2,1-2H3;1H/t22-;/m1./s1. The van der Waals surface area contributed by atoms with E-state index in [1.165, 1.54) is 0 Å². The van der Waals surface area contributed by atoms with Crippen molar-refractivity contribution in [3.63, 3.8) is 0 Å². The number of benzene rings is 2. The molecule has 4 rings (SSSR count). The fourth-order valence-electron chi connectivity index (χ4n) is 4.82. The highest BCUT2D eigenvalue weighted by molar-refractivity contribution is 7.89. The summed E-state index contributed by atoms with van der Waals surface area (Å²) in [4.78, 5) is 15.0. The van der Waals surface area contributed by atoms with Crippen molar-refractivity contribution in [3.05, 3.63) is 42.5 Å². The third-order valence-electron chi connectivity index (χ3n) is 6.45. The number of halogens is 1. The van der Waals surface area contributed by atoms with Crippen LogP contribution < -0.4 is 18.1 Å². The number of rotatable bonds is 7. The van der Waals surface area contributed by atoms with E-state index in [9.17, 15) is 13.2 Å². The van der Waals surface area contributed by atoms with Gasteiger partial charge in [0.15, 0.2) is 6.04 Å². The third-order valence-corrected chi connectivity index (χ3v) is 8.52. The molecular weight excluding hydrogens is 446 g/mol. The number of hydrogen-bond acceptors (Lipinski definition) is 3. The fourth-order valence-corrected chi connectivity index (χ4v) is 6.97. The van der Waals surface area contributed by atoms with Gasteiger partial charge in [0.1, 0.15) is 0 Å². The number of amides is 1. The molecule has 176 valence electrons. The van der Waals surface area contributed by atoms with Crippen molar-refractivity contribution in [3.8, 4) is 0 Å². The van der Waals surface area contributed by atoms with Crippen molar-refractivity contribution >= 4 is 26.7 Å². The second-order valence-electron chi connectivity index (χ2n) is 9.43. The predicted octanol–water partition coefficient (Wildman–Crippen LogP) is -0.355. The average Bonchev–Trinajstić information content (AvgIpc) is 3.57. The molecule has 2 aliphatic rings. The van der Waals surface area contributed by atoms with Gasteiger partial charge in [-0.25, -0.2) is 8.42 Å². The first-order valence-electron chi connectivity index (χ1n) is 11.4. The summed E-state index contributed by atoms with van der Waals surface area (Å²) in [6.07, 6.45) is 3.97. The van der Waals surface area contributed by atoms with E-state index in [0.717, 1.165) is 30.0 Å². The highest BCUT2D eigenvalue weighted by Gasteiger charge is 2.44. The summed E-state index contributed by atoms with van der Waals surface area (Å²) >= 11 is 0. The van der Waals surface area contributed by atoms with Gasteiger partial charge in [0.2, 0.25) is 10.0 Å². The van der Waals surface area contributed by atoms with Gasteiger partial charge in [-0.3, -0.25) is 4.79 Å². The Bertz CT molecular complexity index is 1040. The van der Waals surface area contributed by atoms with Crippen LogP contribution in [0.25, 0.3) is 10.8 Å². The van der Waals surface area contributed by atoms with Crippen LogP contribution in [0.1, 0.15) is 46.0 Å². The molecule has 8 heteroatoms. The molecular formula is C24H34ClN3O3S. The Balaban J connectivity index is 0.00000289. The number of sulfonamides is 1. The number of carbonyl (C=O) groups is 1. The number of quaternary nitrogens is 1. The molecule has 6 nitrogen and oxygen atoms in total. The molecule has 2 aromatic carbocycles. The maximum Gasteiger partial charge on any atom is 0.280 e. The predicted molar refractivity (Wildman–Crippen MR) is 122 cm³/mol. The average molecular weight is 480 g/mol. The van der Waals surface area contributed by atoms with Crippen LogP contribution in [0.15, 0.2) is 47.4 Å². The summed E-state index contributed by atoms with van der Waals surface area (Å²) in [5, 5.41) is 1.71. The van der Waals surface area contributed by atoms with Gasteiger partial charge < -0.3 is 23.0 Å². The molecule has 0 bridgehead atoms. The Morgan fingerprint density at radius 1 is 1.03 bits per heavy atom. The SMILES string of the molecule is CC(C)C[C@@H]([NH3+])C(=O)N1CCC(N(C2CC2)S(=O)(=O)c2cccc3ccccc23)CC1.[Cl-]. The minimum Gasteiger partial charge on any atom is -1.00 e. The molecule has 1 amide bonds. The van der Waals surface area contributed by atoms with Crippen LogP contribution in [0.5, 0.6) is 0 Å². The van der Waals surface area contributed by atoms with Crippen LogP contribution in [-0.2, 0) is 14.8 Å². The van der Waals surface area contributed by atoms with E-state index in [0.29, 0.717) is 36.7 Å². The van der Waals surface area contributed by atoms with Crippen molar-refractivity contribution in [1.82, 2.24) is 9.21 Å². The van der Waals surface area contributed by atoms with Crippen LogP contribution >= 0.6 is 0 Å². The molecule has 1 saturated carbocycles. The van der Waals surface area contributed by atoms with Crippen LogP contribution in [0, 0.1) is 5.92 Å². The maximum absolute atomic E-state index is 13.8. The fraction of sp³-hybridized carbons (Fsp3) is 0.542. The van der Waals surface area contributed by atoms with Gasteiger partial charge >= 0.3 is 0 Å². The van der Waals surface area contributed by atoms with Gasteiger partial charge in [-0.15, -0.1) is 0 Å². The normalized spacial score (nSPS) is 18.7. The minimum absolute atomic E-state index is 0. The third kappa shape index (κ3) is 5.11. The summed E-state index contributed by atoms with van der Waals surface area (Å²) in [7, 11) is -3.62. The molecule has 1 saturated heterocycles. The minimum atomic E-state index is -3.62.